The van der Waals surface area contributed by atoms with Gasteiger partial charge in [-0.25, -0.2) is 0 Å². The van der Waals surface area contributed by atoms with Crippen molar-refractivity contribution >= 4 is 29.4 Å². The van der Waals surface area contributed by atoms with Crippen molar-refractivity contribution in [1.29, 1.82) is 0 Å². The smallest absolute Gasteiger partial charge is 0.0729 e. The van der Waals surface area contributed by atoms with Gasteiger partial charge in [-0.1, -0.05) is 0 Å². The second-order valence-electron chi connectivity index (χ2n) is 3.58. The minimum atomic E-state index is 0. The number of rotatable bonds is 5. The lowest BCUT2D eigenvalue weighted by Gasteiger charge is -2.00. The van der Waals surface area contributed by atoms with E-state index in [0.29, 0.717) is 6.54 Å². The van der Waals surface area contributed by atoms with Gasteiger partial charge >= 0.3 is 0 Å². The number of aromatic nitrogens is 2. The van der Waals surface area contributed by atoms with Gasteiger partial charge in [-0.15, -0.1) is 23.7 Å². The van der Waals surface area contributed by atoms with Crippen LogP contribution in [0.15, 0.2) is 24.5 Å². The third kappa shape index (κ3) is 4.03. The molecule has 2 N–H and O–H groups in total. The molecule has 17 heavy (non-hydrogen) atoms. The van der Waals surface area contributed by atoms with E-state index in [0.717, 1.165) is 12.2 Å². The summed E-state index contributed by atoms with van der Waals surface area (Å²) in [6.07, 6.45) is 3.67. The van der Waals surface area contributed by atoms with E-state index in [4.69, 9.17) is 5.11 Å². The summed E-state index contributed by atoms with van der Waals surface area (Å²) in [5.74, 6) is 0. The maximum atomic E-state index is 8.76. The standard InChI is InChI=1S/C11H15N3OS.ClH/c1-9-2-3-11(16-9)7-12-10-6-13-14(8-10)4-5-15;/h2-3,6,8,12,15H,4-5,7H2,1H3;1H. The number of aliphatic hydroxyl groups is 1. The van der Waals surface area contributed by atoms with Crippen LogP contribution < -0.4 is 5.32 Å². The van der Waals surface area contributed by atoms with E-state index in [-0.39, 0.29) is 19.0 Å². The van der Waals surface area contributed by atoms with Crippen molar-refractivity contribution < 1.29 is 5.11 Å². The fourth-order valence-electron chi connectivity index (χ4n) is 1.45. The Kier molecular flexibility index (Phi) is 5.47. The molecule has 0 unspecified atom stereocenters. The Morgan fingerprint density at radius 1 is 1.47 bits per heavy atom. The molecule has 0 bridgehead atoms. The summed E-state index contributed by atoms with van der Waals surface area (Å²) in [4.78, 5) is 2.64. The van der Waals surface area contributed by atoms with Crippen molar-refractivity contribution in [1.82, 2.24) is 9.78 Å². The molecule has 0 saturated heterocycles. The van der Waals surface area contributed by atoms with Crippen molar-refractivity contribution in [2.75, 3.05) is 11.9 Å². The zero-order valence-corrected chi connectivity index (χ0v) is 11.2. The summed E-state index contributed by atoms with van der Waals surface area (Å²) in [6, 6.07) is 4.25. The molecule has 2 aromatic heterocycles. The zero-order valence-electron chi connectivity index (χ0n) is 9.59. The third-order valence-electron chi connectivity index (χ3n) is 2.23. The van der Waals surface area contributed by atoms with Crippen molar-refractivity contribution in [3.63, 3.8) is 0 Å². The first-order chi connectivity index (χ1) is 7.78. The van der Waals surface area contributed by atoms with Gasteiger partial charge in [0, 0.05) is 22.5 Å². The van der Waals surface area contributed by atoms with E-state index in [9.17, 15) is 0 Å². The summed E-state index contributed by atoms with van der Waals surface area (Å²) in [5, 5.41) is 16.2. The predicted octanol–water partition coefficient (Wildman–Crippen LogP) is 2.28. The van der Waals surface area contributed by atoms with Crippen LogP contribution in [0.25, 0.3) is 0 Å². The average Bonchev–Trinajstić information content (AvgIpc) is 2.85. The van der Waals surface area contributed by atoms with Gasteiger partial charge in [-0.05, 0) is 19.1 Å². The van der Waals surface area contributed by atoms with E-state index in [1.54, 1.807) is 22.2 Å². The third-order valence-corrected chi connectivity index (χ3v) is 3.23. The molecule has 2 heterocycles. The first-order valence-electron chi connectivity index (χ1n) is 5.20. The number of aryl methyl sites for hydroxylation is 1. The molecule has 6 heteroatoms. The van der Waals surface area contributed by atoms with Crippen molar-refractivity contribution in [3.8, 4) is 0 Å². The summed E-state index contributed by atoms with van der Waals surface area (Å²) in [7, 11) is 0. The van der Waals surface area contributed by atoms with Gasteiger partial charge in [-0.2, -0.15) is 5.10 Å². The molecular weight excluding hydrogens is 258 g/mol. The highest BCUT2D eigenvalue weighted by molar-refractivity contribution is 7.11. The lowest BCUT2D eigenvalue weighted by atomic mass is 10.4. The van der Waals surface area contributed by atoms with Gasteiger partial charge in [0.1, 0.15) is 0 Å². The Hall–Kier alpha value is -1.04. The molecule has 94 valence electrons. The minimum Gasteiger partial charge on any atom is -0.394 e. The summed E-state index contributed by atoms with van der Waals surface area (Å²) >= 11 is 1.79. The lowest BCUT2D eigenvalue weighted by molar-refractivity contribution is 0.269. The normalized spacial score (nSPS) is 10.0. The SMILES string of the molecule is Cc1ccc(CNc2cnn(CCO)c2)s1.Cl. The van der Waals surface area contributed by atoms with Crippen LogP contribution in [0.1, 0.15) is 9.75 Å². The predicted molar refractivity (Wildman–Crippen MR) is 72.9 cm³/mol. The number of hydrogen-bond acceptors (Lipinski definition) is 4. The second kappa shape index (κ2) is 6.64. The van der Waals surface area contributed by atoms with Crippen LogP contribution in [0.4, 0.5) is 5.69 Å². The number of nitrogens with zero attached hydrogens (tertiary/aromatic N) is 2. The lowest BCUT2D eigenvalue weighted by Crippen LogP contribution is -2.01. The van der Waals surface area contributed by atoms with Crippen LogP contribution in [-0.2, 0) is 13.1 Å². The van der Waals surface area contributed by atoms with Gasteiger partial charge in [0.15, 0.2) is 0 Å². The Morgan fingerprint density at radius 2 is 2.29 bits per heavy atom. The molecule has 4 nitrogen and oxygen atoms in total. The Balaban J connectivity index is 0.00000144. The largest absolute Gasteiger partial charge is 0.394 e. The number of thiophene rings is 1. The summed E-state index contributed by atoms with van der Waals surface area (Å²) in [5.41, 5.74) is 0.986. The highest BCUT2D eigenvalue weighted by Crippen LogP contribution is 2.16. The minimum absolute atomic E-state index is 0. The second-order valence-corrected chi connectivity index (χ2v) is 4.95. The molecule has 0 aromatic carbocycles. The fourth-order valence-corrected chi connectivity index (χ4v) is 2.28. The quantitative estimate of drug-likeness (QED) is 0.879. The fraction of sp³-hybridized carbons (Fsp3) is 0.364. The summed E-state index contributed by atoms with van der Waals surface area (Å²) in [6.45, 7) is 3.59. The van der Waals surface area contributed by atoms with Crippen LogP contribution in [0.3, 0.4) is 0 Å². The van der Waals surface area contributed by atoms with Crippen molar-refractivity contribution in [3.05, 3.63) is 34.3 Å². The molecule has 0 aliphatic heterocycles. The monoisotopic (exact) mass is 273 g/mol. The van der Waals surface area contributed by atoms with Gasteiger partial charge < -0.3 is 10.4 Å². The maximum absolute atomic E-state index is 8.76. The van der Waals surface area contributed by atoms with E-state index in [2.05, 4.69) is 29.5 Å². The molecule has 2 aromatic rings. The average molecular weight is 274 g/mol. The molecule has 0 amide bonds. The molecule has 2 rings (SSSR count). The van der Waals surface area contributed by atoms with Crippen LogP contribution in [0.2, 0.25) is 0 Å². The maximum Gasteiger partial charge on any atom is 0.0729 e. The van der Waals surface area contributed by atoms with Gasteiger partial charge in [0.25, 0.3) is 0 Å². The molecule has 0 fully saturated rings. The molecule has 0 aliphatic carbocycles. The number of aliphatic hydroxyl groups excluding tert-OH is 1. The van der Waals surface area contributed by atoms with Gasteiger partial charge in [-0.3, -0.25) is 4.68 Å². The first kappa shape index (κ1) is 14.0. The number of anilines is 1. The van der Waals surface area contributed by atoms with E-state index in [1.165, 1.54) is 9.75 Å². The van der Waals surface area contributed by atoms with Crippen molar-refractivity contribution in [2.24, 2.45) is 0 Å². The van der Waals surface area contributed by atoms with Gasteiger partial charge in [0.05, 0.1) is 25.0 Å². The molecule has 0 saturated carbocycles. The Bertz CT molecular complexity index is 455. The van der Waals surface area contributed by atoms with E-state index in [1.807, 2.05) is 6.20 Å². The molecular formula is C11H16ClN3OS. The van der Waals surface area contributed by atoms with Crippen LogP contribution in [-0.4, -0.2) is 21.5 Å². The first-order valence-corrected chi connectivity index (χ1v) is 6.02. The number of hydrogen-bond donors (Lipinski definition) is 2. The molecule has 0 radical (unpaired) electrons. The highest BCUT2D eigenvalue weighted by atomic mass is 35.5. The topological polar surface area (TPSA) is 50.1 Å². The number of halogens is 1. The Morgan fingerprint density at radius 3 is 2.94 bits per heavy atom. The van der Waals surface area contributed by atoms with Crippen LogP contribution >= 0.6 is 23.7 Å². The highest BCUT2D eigenvalue weighted by Gasteiger charge is 1.99. The van der Waals surface area contributed by atoms with E-state index >= 15 is 0 Å². The van der Waals surface area contributed by atoms with Gasteiger partial charge in [0.2, 0.25) is 0 Å². The molecule has 0 spiro atoms. The van der Waals surface area contributed by atoms with Crippen molar-refractivity contribution in [2.45, 2.75) is 20.0 Å². The molecule has 0 atom stereocenters. The summed E-state index contributed by atoms with van der Waals surface area (Å²) < 4.78 is 1.72. The number of nitrogens with one attached hydrogen (secondary N) is 1. The molecule has 0 aliphatic rings. The van der Waals surface area contributed by atoms with E-state index < -0.39 is 0 Å². The zero-order chi connectivity index (χ0) is 11.4. The Labute approximate surface area is 111 Å². The van der Waals surface area contributed by atoms with Crippen LogP contribution in [0, 0.1) is 6.92 Å². The van der Waals surface area contributed by atoms with Crippen LogP contribution in [0.5, 0.6) is 0 Å².